The highest BCUT2D eigenvalue weighted by Gasteiger charge is 2.60. The lowest BCUT2D eigenvalue weighted by atomic mass is 9.57. The van der Waals surface area contributed by atoms with Gasteiger partial charge in [-0.25, -0.2) is 0 Å². The van der Waals surface area contributed by atoms with Crippen LogP contribution in [0.1, 0.15) is 26.7 Å². The number of ether oxygens (including phenoxy) is 2. The fraction of sp³-hybridized carbons (Fsp3) is 0.632. The first-order valence-corrected chi connectivity index (χ1v) is 8.86. The Balaban J connectivity index is 1.48. The third-order valence-corrected chi connectivity index (χ3v) is 6.06. The largest absolute Gasteiger partial charge is 0.495 e. The predicted molar refractivity (Wildman–Crippen MR) is 92.3 cm³/mol. The number of hydrogen-bond donors (Lipinski definition) is 1. The Bertz CT molecular complexity index is 645. The van der Waals surface area contributed by atoms with Gasteiger partial charge in [-0.3, -0.25) is 4.79 Å². The summed E-state index contributed by atoms with van der Waals surface area (Å²) in [7, 11) is 1.65. The molecular weight excluding hydrogens is 304 g/mol. The van der Waals surface area contributed by atoms with Crippen LogP contribution in [0.15, 0.2) is 24.3 Å². The van der Waals surface area contributed by atoms with Crippen LogP contribution < -0.4 is 15.0 Å². The van der Waals surface area contributed by atoms with Gasteiger partial charge in [0.1, 0.15) is 5.75 Å². The summed E-state index contributed by atoms with van der Waals surface area (Å²) in [6.07, 6.45) is 2.28. The second-order valence-corrected chi connectivity index (χ2v) is 7.71. The first kappa shape index (κ1) is 15.9. The van der Waals surface area contributed by atoms with Crippen molar-refractivity contribution in [2.45, 2.75) is 44.9 Å². The van der Waals surface area contributed by atoms with E-state index < -0.39 is 0 Å². The summed E-state index contributed by atoms with van der Waals surface area (Å²) in [5.74, 6) is 1.45. The van der Waals surface area contributed by atoms with Crippen molar-refractivity contribution in [2.24, 2.45) is 11.3 Å². The van der Waals surface area contributed by atoms with Crippen molar-refractivity contribution < 1.29 is 14.3 Å². The van der Waals surface area contributed by atoms with Gasteiger partial charge in [-0.15, -0.1) is 0 Å². The van der Waals surface area contributed by atoms with Gasteiger partial charge < -0.3 is 19.7 Å². The number of carbonyl (C=O) groups is 1. The van der Waals surface area contributed by atoms with Gasteiger partial charge in [-0.1, -0.05) is 26.0 Å². The summed E-state index contributed by atoms with van der Waals surface area (Å²) in [5.41, 5.74) is 0.962. The molecule has 0 unspecified atom stereocenters. The highest BCUT2D eigenvalue weighted by atomic mass is 16.5. The number of rotatable bonds is 4. The molecule has 1 saturated carbocycles. The standard InChI is InChI=1S/C19H26N2O3/c1-19(2)16(12-9-11-24-17(12)19)20-13-8-10-21(18(13)22)14-6-4-5-7-15(14)23-3/h4-7,12-13,16-17,20H,8-11H2,1-3H3/t12-,13-,16+,17+/m0/s1. The molecule has 2 heterocycles. The van der Waals surface area contributed by atoms with Gasteiger partial charge >= 0.3 is 0 Å². The van der Waals surface area contributed by atoms with Crippen molar-refractivity contribution in [3.63, 3.8) is 0 Å². The fourth-order valence-electron chi connectivity index (χ4n) is 4.81. The summed E-state index contributed by atoms with van der Waals surface area (Å²) >= 11 is 0. The zero-order valence-electron chi connectivity index (χ0n) is 14.6. The highest BCUT2D eigenvalue weighted by molar-refractivity contribution is 6.00. The maximum Gasteiger partial charge on any atom is 0.244 e. The molecule has 5 nitrogen and oxygen atoms in total. The monoisotopic (exact) mass is 330 g/mol. The number of para-hydroxylation sites is 2. The van der Waals surface area contributed by atoms with Gasteiger partial charge in [0.05, 0.1) is 24.9 Å². The lowest BCUT2D eigenvalue weighted by Gasteiger charge is -2.55. The minimum atomic E-state index is -0.110. The van der Waals surface area contributed by atoms with E-state index >= 15 is 0 Å². The van der Waals surface area contributed by atoms with Crippen LogP contribution in [0.5, 0.6) is 5.75 Å². The fourth-order valence-corrected chi connectivity index (χ4v) is 4.81. The van der Waals surface area contributed by atoms with E-state index in [0.29, 0.717) is 18.1 Å². The molecule has 4 atom stereocenters. The maximum atomic E-state index is 12.9. The van der Waals surface area contributed by atoms with Gasteiger partial charge in [0.2, 0.25) is 5.91 Å². The average Bonchev–Trinajstić information content (AvgIpc) is 3.18. The number of fused-ring (bicyclic) bond motifs is 1. The van der Waals surface area contributed by atoms with E-state index in [4.69, 9.17) is 9.47 Å². The van der Waals surface area contributed by atoms with Crippen molar-refractivity contribution in [1.82, 2.24) is 5.32 Å². The average molecular weight is 330 g/mol. The van der Waals surface area contributed by atoms with E-state index in [1.165, 1.54) is 0 Å². The van der Waals surface area contributed by atoms with Crippen LogP contribution in [-0.4, -0.2) is 44.4 Å². The van der Waals surface area contributed by atoms with Crippen molar-refractivity contribution >= 4 is 11.6 Å². The molecule has 3 aliphatic rings. The number of amides is 1. The molecule has 2 aliphatic heterocycles. The molecule has 0 aromatic heterocycles. The van der Waals surface area contributed by atoms with Gasteiger partial charge in [-0.2, -0.15) is 0 Å². The van der Waals surface area contributed by atoms with Crippen LogP contribution in [0, 0.1) is 11.3 Å². The number of nitrogens with zero attached hydrogens (tertiary/aromatic N) is 1. The molecule has 0 spiro atoms. The number of benzene rings is 1. The number of carbonyl (C=O) groups excluding carboxylic acids is 1. The molecule has 5 heteroatoms. The molecule has 1 aromatic carbocycles. The Morgan fingerprint density at radius 3 is 2.88 bits per heavy atom. The third-order valence-electron chi connectivity index (χ3n) is 6.06. The highest BCUT2D eigenvalue weighted by Crippen LogP contribution is 2.52. The minimum Gasteiger partial charge on any atom is -0.495 e. The van der Waals surface area contributed by atoms with Crippen LogP contribution in [0.2, 0.25) is 0 Å². The van der Waals surface area contributed by atoms with Crippen molar-refractivity contribution in [3.05, 3.63) is 24.3 Å². The maximum absolute atomic E-state index is 12.9. The first-order valence-electron chi connectivity index (χ1n) is 8.86. The zero-order chi connectivity index (χ0) is 16.9. The van der Waals surface area contributed by atoms with Gasteiger partial charge in [-0.05, 0) is 25.0 Å². The normalized spacial score (nSPS) is 34.1. The second-order valence-electron chi connectivity index (χ2n) is 7.71. The number of hydrogen-bond acceptors (Lipinski definition) is 4. The van der Waals surface area contributed by atoms with E-state index in [-0.39, 0.29) is 17.4 Å². The number of anilines is 1. The molecule has 0 radical (unpaired) electrons. The number of methoxy groups -OCH3 is 1. The molecule has 130 valence electrons. The summed E-state index contributed by atoms with van der Waals surface area (Å²) in [6.45, 7) is 6.07. The van der Waals surface area contributed by atoms with E-state index in [2.05, 4.69) is 19.2 Å². The second kappa shape index (κ2) is 5.74. The zero-order valence-corrected chi connectivity index (χ0v) is 14.6. The van der Waals surface area contributed by atoms with E-state index in [1.807, 2.05) is 29.2 Å². The number of nitrogens with one attached hydrogen (secondary N) is 1. The molecule has 1 aliphatic carbocycles. The van der Waals surface area contributed by atoms with Crippen molar-refractivity contribution in [1.29, 1.82) is 0 Å². The lowest BCUT2D eigenvalue weighted by Crippen LogP contribution is -2.68. The Labute approximate surface area is 143 Å². The van der Waals surface area contributed by atoms with Crippen molar-refractivity contribution in [3.8, 4) is 5.75 Å². The molecule has 1 N–H and O–H groups in total. The Morgan fingerprint density at radius 1 is 1.29 bits per heavy atom. The van der Waals surface area contributed by atoms with Crippen LogP contribution in [0.3, 0.4) is 0 Å². The Morgan fingerprint density at radius 2 is 2.08 bits per heavy atom. The van der Waals surface area contributed by atoms with Gasteiger partial charge in [0, 0.05) is 30.5 Å². The summed E-state index contributed by atoms with van der Waals surface area (Å²) in [6, 6.07) is 7.97. The van der Waals surface area contributed by atoms with Gasteiger partial charge in [0.15, 0.2) is 0 Å². The smallest absolute Gasteiger partial charge is 0.244 e. The summed E-state index contributed by atoms with van der Waals surface area (Å²) in [4.78, 5) is 14.8. The molecule has 1 amide bonds. The van der Waals surface area contributed by atoms with E-state index in [1.54, 1.807) is 7.11 Å². The molecule has 1 aromatic rings. The molecule has 4 rings (SSSR count). The van der Waals surface area contributed by atoms with Gasteiger partial charge in [0.25, 0.3) is 0 Å². The van der Waals surface area contributed by atoms with E-state index in [9.17, 15) is 4.79 Å². The van der Waals surface area contributed by atoms with Crippen LogP contribution >= 0.6 is 0 Å². The quantitative estimate of drug-likeness (QED) is 0.919. The molecule has 0 bridgehead atoms. The topological polar surface area (TPSA) is 50.8 Å². The summed E-state index contributed by atoms with van der Waals surface area (Å²) < 4.78 is 11.3. The van der Waals surface area contributed by atoms with Crippen LogP contribution in [0.4, 0.5) is 5.69 Å². The Hall–Kier alpha value is -1.59. The SMILES string of the molecule is COc1ccccc1N1CC[C@H](N[C@@H]2[C@@H]3CCO[C@H]3C2(C)C)C1=O. The first-order chi connectivity index (χ1) is 11.5. The Kier molecular flexibility index (Phi) is 3.81. The lowest BCUT2D eigenvalue weighted by molar-refractivity contribution is -0.127. The molecular formula is C19H26N2O3. The van der Waals surface area contributed by atoms with E-state index in [0.717, 1.165) is 37.4 Å². The molecule has 2 saturated heterocycles. The third kappa shape index (κ3) is 2.25. The predicted octanol–water partition coefficient (Wildman–Crippen LogP) is 2.20. The van der Waals surface area contributed by atoms with Crippen LogP contribution in [-0.2, 0) is 9.53 Å². The molecule has 3 fully saturated rings. The van der Waals surface area contributed by atoms with Crippen LogP contribution in [0.25, 0.3) is 0 Å². The molecule has 24 heavy (non-hydrogen) atoms. The van der Waals surface area contributed by atoms with Crippen molar-refractivity contribution in [2.75, 3.05) is 25.2 Å². The summed E-state index contributed by atoms with van der Waals surface area (Å²) in [5, 5.41) is 3.65. The minimum absolute atomic E-state index is 0.0965.